The van der Waals surface area contributed by atoms with Crippen molar-refractivity contribution in [1.29, 1.82) is 0 Å². The zero-order valence-electron chi connectivity index (χ0n) is 13.6. The average molecular weight is 401 g/mol. The molecule has 1 atom stereocenters. The molecule has 0 heterocycles. The minimum atomic E-state index is -0.694. The molecule has 7 nitrogen and oxygen atoms in total. The normalized spacial score (nSPS) is 11.3. The van der Waals surface area contributed by atoms with Crippen LogP contribution < -0.4 is 15.4 Å². The van der Waals surface area contributed by atoms with Crippen LogP contribution in [0.3, 0.4) is 0 Å². The molecule has 0 aliphatic heterocycles. The van der Waals surface area contributed by atoms with Gasteiger partial charge in [0.25, 0.3) is 5.91 Å². The van der Waals surface area contributed by atoms with Crippen LogP contribution in [0, 0.1) is 0 Å². The van der Waals surface area contributed by atoms with Gasteiger partial charge in [-0.3, -0.25) is 9.59 Å². The van der Waals surface area contributed by atoms with Gasteiger partial charge in [-0.1, -0.05) is 28.9 Å². The lowest BCUT2D eigenvalue weighted by Crippen LogP contribution is -2.46. The van der Waals surface area contributed by atoms with E-state index in [9.17, 15) is 14.4 Å². The van der Waals surface area contributed by atoms with E-state index in [0.717, 1.165) is 10.9 Å². The van der Waals surface area contributed by atoms with Gasteiger partial charge in [0.15, 0.2) is 13.2 Å². The first-order chi connectivity index (χ1) is 11.4. The second kappa shape index (κ2) is 10.6. The van der Waals surface area contributed by atoms with Gasteiger partial charge in [0.05, 0.1) is 0 Å². The summed E-state index contributed by atoms with van der Waals surface area (Å²) in [5.41, 5.74) is 0. The number of carbonyl (C=O) groups excluding carboxylic acids is 3. The number of hydrogen-bond donors (Lipinski definition) is 2. The van der Waals surface area contributed by atoms with Gasteiger partial charge in [0.2, 0.25) is 5.91 Å². The number of halogens is 1. The van der Waals surface area contributed by atoms with Gasteiger partial charge in [-0.15, -0.1) is 0 Å². The molecule has 0 bridgehead atoms. The van der Waals surface area contributed by atoms with Crippen LogP contribution >= 0.6 is 15.9 Å². The van der Waals surface area contributed by atoms with E-state index in [2.05, 4.69) is 26.6 Å². The fourth-order valence-corrected chi connectivity index (χ4v) is 2.01. The molecule has 0 unspecified atom stereocenters. The number of benzene rings is 1. The van der Waals surface area contributed by atoms with E-state index in [0.29, 0.717) is 12.3 Å². The minimum Gasteiger partial charge on any atom is -0.482 e. The fraction of sp³-hybridized carbons (Fsp3) is 0.438. The van der Waals surface area contributed by atoms with Crippen LogP contribution in [0.4, 0.5) is 0 Å². The Morgan fingerprint density at radius 2 is 2.00 bits per heavy atom. The second-order valence-corrected chi connectivity index (χ2v) is 5.90. The zero-order chi connectivity index (χ0) is 17.9. The van der Waals surface area contributed by atoms with Crippen molar-refractivity contribution in [3.8, 4) is 5.75 Å². The molecule has 0 aliphatic rings. The van der Waals surface area contributed by atoms with E-state index in [4.69, 9.17) is 9.47 Å². The van der Waals surface area contributed by atoms with Crippen molar-refractivity contribution >= 4 is 33.7 Å². The van der Waals surface area contributed by atoms with Crippen molar-refractivity contribution < 1.29 is 23.9 Å². The molecule has 24 heavy (non-hydrogen) atoms. The molecule has 8 heteroatoms. The molecule has 0 aliphatic carbocycles. The topological polar surface area (TPSA) is 93.7 Å². The Kier molecular flexibility index (Phi) is 8.85. The van der Waals surface area contributed by atoms with Crippen LogP contribution in [0.5, 0.6) is 5.75 Å². The lowest BCUT2D eigenvalue weighted by Gasteiger charge is -2.14. The molecule has 0 aromatic heterocycles. The number of nitrogens with one attached hydrogen (secondary N) is 2. The van der Waals surface area contributed by atoms with Gasteiger partial charge in [0, 0.05) is 11.0 Å². The summed E-state index contributed by atoms with van der Waals surface area (Å²) in [4.78, 5) is 34.8. The molecule has 0 saturated carbocycles. The standard InChI is InChI=1S/C16H21BrN2O5/c1-3-7-18-16(22)11(2)19-14(20)9-24-15(21)10-23-13-6-4-5-12(17)8-13/h4-6,8,11H,3,7,9-10H2,1-2H3,(H,18,22)(H,19,20)/t11-/m0/s1. The Labute approximate surface area is 149 Å². The molecule has 0 saturated heterocycles. The number of amides is 2. The predicted molar refractivity (Wildman–Crippen MR) is 91.5 cm³/mol. The quantitative estimate of drug-likeness (QED) is 0.611. The zero-order valence-corrected chi connectivity index (χ0v) is 15.2. The highest BCUT2D eigenvalue weighted by Crippen LogP contribution is 2.17. The molecular formula is C16H21BrN2O5. The number of ether oxygens (including phenoxy) is 2. The van der Waals surface area contributed by atoms with Crippen molar-refractivity contribution in [3.63, 3.8) is 0 Å². The van der Waals surface area contributed by atoms with E-state index < -0.39 is 24.5 Å². The van der Waals surface area contributed by atoms with Crippen molar-refractivity contribution in [2.24, 2.45) is 0 Å². The van der Waals surface area contributed by atoms with Gasteiger partial charge >= 0.3 is 5.97 Å². The maximum atomic E-state index is 11.6. The smallest absolute Gasteiger partial charge is 0.344 e. The molecule has 0 fully saturated rings. The van der Waals surface area contributed by atoms with Crippen LogP contribution in [0.15, 0.2) is 28.7 Å². The summed E-state index contributed by atoms with van der Waals surface area (Å²) < 4.78 is 10.9. The first-order valence-corrected chi connectivity index (χ1v) is 8.32. The molecule has 1 aromatic rings. The third kappa shape index (κ3) is 7.96. The van der Waals surface area contributed by atoms with Gasteiger partial charge < -0.3 is 20.1 Å². The third-order valence-electron chi connectivity index (χ3n) is 2.84. The van der Waals surface area contributed by atoms with Gasteiger partial charge in [-0.25, -0.2) is 4.79 Å². The SMILES string of the molecule is CCCNC(=O)[C@H](C)NC(=O)COC(=O)COc1cccc(Br)c1. The average Bonchev–Trinajstić information content (AvgIpc) is 2.56. The van der Waals surface area contributed by atoms with E-state index >= 15 is 0 Å². The minimum absolute atomic E-state index is 0.283. The monoisotopic (exact) mass is 400 g/mol. The Morgan fingerprint density at radius 1 is 1.25 bits per heavy atom. The Bertz CT molecular complexity index is 579. The van der Waals surface area contributed by atoms with Gasteiger partial charge in [-0.05, 0) is 31.5 Å². The van der Waals surface area contributed by atoms with Crippen molar-refractivity contribution in [3.05, 3.63) is 28.7 Å². The molecule has 0 spiro atoms. The summed E-state index contributed by atoms with van der Waals surface area (Å²) in [6, 6.07) is 6.30. The lowest BCUT2D eigenvalue weighted by atomic mass is 10.3. The van der Waals surface area contributed by atoms with Crippen LogP contribution in [0.1, 0.15) is 20.3 Å². The Morgan fingerprint density at radius 3 is 2.67 bits per heavy atom. The van der Waals surface area contributed by atoms with Crippen LogP contribution in [-0.4, -0.2) is 43.6 Å². The Hall–Kier alpha value is -2.09. The van der Waals surface area contributed by atoms with E-state index in [1.54, 1.807) is 25.1 Å². The first kappa shape index (κ1) is 20.0. The highest BCUT2D eigenvalue weighted by molar-refractivity contribution is 9.10. The van der Waals surface area contributed by atoms with Gasteiger partial charge in [-0.2, -0.15) is 0 Å². The lowest BCUT2D eigenvalue weighted by molar-refractivity contribution is -0.150. The molecule has 2 amide bonds. The summed E-state index contributed by atoms with van der Waals surface area (Å²) in [5.74, 6) is -1.00. The molecule has 1 rings (SSSR count). The van der Waals surface area contributed by atoms with Crippen molar-refractivity contribution in [2.45, 2.75) is 26.3 Å². The largest absolute Gasteiger partial charge is 0.482 e. The maximum absolute atomic E-state index is 11.6. The molecule has 132 valence electrons. The fourth-order valence-electron chi connectivity index (χ4n) is 1.64. The van der Waals surface area contributed by atoms with Crippen LogP contribution in [-0.2, 0) is 19.1 Å². The third-order valence-corrected chi connectivity index (χ3v) is 3.33. The predicted octanol–water partition coefficient (Wildman–Crippen LogP) is 1.40. The van der Waals surface area contributed by atoms with E-state index in [-0.39, 0.29) is 12.5 Å². The molecule has 0 radical (unpaired) electrons. The highest BCUT2D eigenvalue weighted by atomic mass is 79.9. The summed E-state index contributed by atoms with van der Waals surface area (Å²) >= 11 is 3.29. The van der Waals surface area contributed by atoms with Gasteiger partial charge in [0.1, 0.15) is 11.8 Å². The van der Waals surface area contributed by atoms with Crippen LogP contribution in [0.25, 0.3) is 0 Å². The number of carbonyl (C=O) groups is 3. The second-order valence-electron chi connectivity index (χ2n) is 4.99. The van der Waals surface area contributed by atoms with E-state index in [1.165, 1.54) is 0 Å². The maximum Gasteiger partial charge on any atom is 0.344 e. The molecule has 2 N–H and O–H groups in total. The summed E-state index contributed by atoms with van der Waals surface area (Å²) in [7, 11) is 0. The summed E-state index contributed by atoms with van der Waals surface area (Å²) in [6.07, 6.45) is 0.808. The summed E-state index contributed by atoms with van der Waals surface area (Å²) in [5, 5.41) is 5.11. The van der Waals surface area contributed by atoms with Crippen molar-refractivity contribution in [2.75, 3.05) is 19.8 Å². The number of hydrogen-bond acceptors (Lipinski definition) is 5. The van der Waals surface area contributed by atoms with Crippen molar-refractivity contribution in [1.82, 2.24) is 10.6 Å². The molecule has 1 aromatic carbocycles. The first-order valence-electron chi connectivity index (χ1n) is 7.53. The van der Waals surface area contributed by atoms with Crippen LogP contribution in [0.2, 0.25) is 0 Å². The highest BCUT2D eigenvalue weighted by Gasteiger charge is 2.16. The number of rotatable bonds is 9. The summed E-state index contributed by atoms with van der Waals surface area (Å²) in [6.45, 7) is 3.25. The Balaban J connectivity index is 2.26. The molecular weight excluding hydrogens is 380 g/mol. The number of esters is 1. The van der Waals surface area contributed by atoms with E-state index in [1.807, 2.05) is 13.0 Å².